The first-order valence-corrected chi connectivity index (χ1v) is 5.23. The van der Waals surface area contributed by atoms with E-state index in [2.05, 4.69) is 4.74 Å². The fourth-order valence-electron chi connectivity index (χ4n) is 1.48. The summed E-state index contributed by atoms with van der Waals surface area (Å²) in [5.41, 5.74) is 0. The molecule has 0 N–H and O–H groups in total. The zero-order valence-corrected chi connectivity index (χ0v) is 9.43. The van der Waals surface area contributed by atoms with Crippen LogP contribution in [0.4, 0.5) is 0 Å². The molecule has 1 atom stereocenters. The molecule has 0 aliphatic carbocycles. The minimum atomic E-state index is -0.463. The van der Waals surface area contributed by atoms with Gasteiger partial charge in [-0.3, -0.25) is 14.5 Å². The van der Waals surface area contributed by atoms with Gasteiger partial charge in [0.25, 0.3) is 0 Å². The predicted molar refractivity (Wildman–Crippen MR) is 56.3 cm³/mol. The van der Waals surface area contributed by atoms with Crippen molar-refractivity contribution >= 4 is 17.8 Å². The van der Waals surface area contributed by atoms with Gasteiger partial charge in [-0.2, -0.15) is 0 Å². The highest BCUT2D eigenvalue weighted by Crippen LogP contribution is 2.18. The highest BCUT2D eigenvalue weighted by Gasteiger charge is 2.34. The van der Waals surface area contributed by atoms with Crippen LogP contribution in [0.5, 0.6) is 0 Å². The summed E-state index contributed by atoms with van der Waals surface area (Å²) in [5, 5.41) is 0. The molecule has 1 unspecified atom stereocenters. The lowest BCUT2D eigenvalue weighted by Crippen LogP contribution is -2.30. The van der Waals surface area contributed by atoms with Gasteiger partial charge in [-0.1, -0.05) is 13.0 Å². The molecule has 1 fully saturated rings. The molecular formula is C11H15NO4. The van der Waals surface area contributed by atoms with Crippen LogP contribution >= 0.6 is 0 Å². The van der Waals surface area contributed by atoms with Crippen molar-refractivity contribution < 1.29 is 19.1 Å². The van der Waals surface area contributed by atoms with Crippen LogP contribution in [0.2, 0.25) is 0 Å². The van der Waals surface area contributed by atoms with E-state index in [0.717, 1.165) is 4.90 Å². The van der Waals surface area contributed by atoms with E-state index < -0.39 is 5.97 Å². The lowest BCUT2D eigenvalue weighted by atomic mass is 10.1. The van der Waals surface area contributed by atoms with Crippen molar-refractivity contribution in [3.8, 4) is 0 Å². The lowest BCUT2D eigenvalue weighted by Gasteiger charge is -2.10. The predicted octanol–water partition coefficient (Wildman–Crippen LogP) is 0.501. The molecule has 1 heterocycles. The molecule has 0 saturated carbocycles. The third-order valence-electron chi connectivity index (χ3n) is 2.30. The van der Waals surface area contributed by atoms with E-state index in [1.165, 1.54) is 12.2 Å². The molecule has 88 valence electrons. The van der Waals surface area contributed by atoms with Gasteiger partial charge in [0.15, 0.2) is 0 Å². The second-order valence-electron chi connectivity index (χ2n) is 3.60. The zero-order chi connectivity index (χ0) is 12.1. The molecule has 0 aromatic rings. The van der Waals surface area contributed by atoms with Gasteiger partial charge >= 0.3 is 5.97 Å². The van der Waals surface area contributed by atoms with Crippen LogP contribution in [0.1, 0.15) is 20.3 Å². The summed E-state index contributed by atoms with van der Waals surface area (Å²) in [6, 6.07) is 0. The molecule has 0 bridgehead atoms. The molecule has 1 rings (SSSR count). The monoisotopic (exact) mass is 225 g/mol. The summed E-state index contributed by atoms with van der Waals surface area (Å²) in [5.74, 6) is -1.08. The molecule has 0 radical (unpaired) electrons. The van der Waals surface area contributed by atoms with Crippen LogP contribution in [0.15, 0.2) is 12.2 Å². The molecule has 1 saturated heterocycles. The van der Waals surface area contributed by atoms with E-state index in [4.69, 9.17) is 0 Å². The maximum Gasteiger partial charge on any atom is 0.330 e. The maximum atomic E-state index is 11.5. The Morgan fingerprint density at radius 1 is 1.56 bits per heavy atom. The van der Waals surface area contributed by atoms with Gasteiger partial charge in [0.2, 0.25) is 11.8 Å². The Hall–Kier alpha value is -1.65. The van der Waals surface area contributed by atoms with E-state index >= 15 is 0 Å². The second kappa shape index (κ2) is 5.44. The van der Waals surface area contributed by atoms with Crippen molar-refractivity contribution in [2.75, 3.05) is 13.2 Å². The third-order valence-corrected chi connectivity index (χ3v) is 2.30. The van der Waals surface area contributed by atoms with Crippen LogP contribution < -0.4 is 0 Å². The number of amides is 2. The van der Waals surface area contributed by atoms with Crippen molar-refractivity contribution in [3.05, 3.63) is 12.2 Å². The van der Waals surface area contributed by atoms with Crippen LogP contribution in [0, 0.1) is 5.92 Å². The average molecular weight is 225 g/mol. The fourth-order valence-corrected chi connectivity index (χ4v) is 1.48. The van der Waals surface area contributed by atoms with Crippen molar-refractivity contribution in [1.82, 2.24) is 4.90 Å². The zero-order valence-electron chi connectivity index (χ0n) is 9.43. The highest BCUT2D eigenvalue weighted by atomic mass is 16.5. The number of ether oxygens (including phenoxy) is 1. The number of imide groups is 1. The van der Waals surface area contributed by atoms with Crippen LogP contribution in [-0.4, -0.2) is 35.8 Å². The molecule has 1 aliphatic rings. The second-order valence-corrected chi connectivity index (χ2v) is 3.60. The maximum absolute atomic E-state index is 11.5. The molecule has 16 heavy (non-hydrogen) atoms. The summed E-state index contributed by atoms with van der Waals surface area (Å²) >= 11 is 0. The van der Waals surface area contributed by atoms with Gasteiger partial charge in [-0.15, -0.1) is 0 Å². The number of rotatable bonds is 4. The standard InChI is InChI=1S/C11H15NO4/c1-3-16-10(14)5-4-6-12-9(13)7-8(2)11(12)15/h4-5,8H,3,6-7H2,1-2H3/b5-4+. The Balaban J connectivity index is 2.46. The summed E-state index contributed by atoms with van der Waals surface area (Å²) in [6.07, 6.45) is 2.95. The van der Waals surface area contributed by atoms with Gasteiger partial charge < -0.3 is 4.74 Å². The van der Waals surface area contributed by atoms with Crippen molar-refractivity contribution in [1.29, 1.82) is 0 Å². The van der Waals surface area contributed by atoms with E-state index in [-0.39, 0.29) is 30.7 Å². The normalized spacial score (nSPS) is 20.9. The first-order chi connectivity index (χ1) is 7.56. The van der Waals surface area contributed by atoms with Gasteiger partial charge in [0.05, 0.1) is 6.61 Å². The van der Waals surface area contributed by atoms with E-state index in [0.29, 0.717) is 6.61 Å². The van der Waals surface area contributed by atoms with Crippen molar-refractivity contribution in [2.24, 2.45) is 5.92 Å². The summed E-state index contributed by atoms with van der Waals surface area (Å²) < 4.78 is 4.67. The van der Waals surface area contributed by atoms with Crippen LogP contribution in [-0.2, 0) is 19.1 Å². The highest BCUT2D eigenvalue weighted by molar-refractivity contribution is 6.03. The van der Waals surface area contributed by atoms with E-state index in [1.54, 1.807) is 13.8 Å². The average Bonchev–Trinajstić information content (AvgIpc) is 2.45. The van der Waals surface area contributed by atoms with Gasteiger partial charge in [0.1, 0.15) is 0 Å². The summed E-state index contributed by atoms with van der Waals surface area (Å²) in [6.45, 7) is 3.87. The molecule has 5 heteroatoms. The first kappa shape index (κ1) is 12.4. The van der Waals surface area contributed by atoms with Crippen molar-refractivity contribution in [2.45, 2.75) is 20.3 Å². The Bertz CT molecular complexity index is 335. The summed E-state index contributed by atoms with van der Waals surface area (Å²) in [4.78, 5) is 34.9. The smallest absolute Gasteiger partial charge is 0.330 e. The molecule has 0 aromatic heterocycles. The number of esters is 1. The minimum Gasteiger partial charge on any atom is -0.463 e. The van der Waals surface area contributed by atoms with Gasteiger partial charge in [0, 0.05) is 25.0 Å². The van der Waals surface area contributed by atoms with Crippen LogP contribution in [0.25, 0.3) is 0 Å². The van der Waals surface area contributed by atoms with Crippen LogP contribution in [0.3, 0.4) is 0 Å². The quantitative estimate of drug-likeness (QED) is 0.397. The number of likely N-dealkylation sites (tertiary alicyclic amines) is 1. The topological polar surface area (TPSA) is 63.7 Å². The van der Waals surface area contributed by atoms with Gasteiger partial charge in [-0.25, -0.2) is 4.79 Å². The lowest BCUT2D eigenvalue weighted by molar-refractivity contribution is -0.139. The van der Waals surface area contributed by atoms with Gasteiger partial charge in [-0.05, 0) is 6.92 Å². The third kappa shape index (κ3) is 2.92. The summed E-state index contributed by atoms with van der Waals surface area (Å²) in [7, 11) is 0. The molecule has 0 aromatic carbocycles. The first-order valence-electron chi connectivity index (χ1n) is 5.23. The fraction of sp³-hybridized carbons (Fsp3) is 0.545. The minimum absolute atomic E-state index is 0.140. The number of hydrogen-bond acceptors (Lipinski definition) is 4. The largest absolute Gasteiger partial charge is 0.463 e. The van der Waals surface area contributed by atoms with E-state index in [9.17, 15) is 14.4 Å². The molecule has 5 nitrogen and oxygen atoms in total. The molecule has 0 spiro atoms. The molecule has 1 aliphatic heterocycles. The Morgan fingerprint density at radius 3 is 2.75 bits per heavy atom. The number of carbonyl (C=O) groups is 3. The Kier molecular flexibility index (Phi) is 4.22. The number of carbonyl (C=O) groups excluding carboxylic acids is 3. The van der Waals surface area contributed by atoms with E-state index in [1.807, 2.05) is 0 Å². The Labute approximate surface area is 94.1 Å². The Morgan fingerprint density at radius 2 is 2.25 bits per heavy atom. The molecular weight excluding hydrogens is 210 g/mol. The SMILES string of the molecule is CCOC(=O)/C=C/CN1C(=O)CC(C)C1=O. The molecule has 2 amide bonds. The van der Waals surface area contributed by atoms with Crippen molar-refractivity contribution in [3.63, 3.8) is 0 Å². The number of hydrogen-bond donors (Lipinski definition) is 0. The number of nitrogens with zero attached hydrogens (tertiary/aromatic N) is 1.